The van der Waals surface area contributed by atoms with Gasteiger partial charge in [0.15, 0.2) is 0 Å². The Hall–Kier alpha value is -1.57. The highest BCUT2D eigenvalue weighted by Gasteiger charge is 2.15. The molecule has 0 fully saturated rings. The lowest BCUT2D eigenvalue weighted by molar-refractivity contribution is -0.112. The highest BCUT2D eigenvalue weighted by atomic mass is 32.1. The third kappa shape index (κ3) is 2.46. The number of thiocarbonyl (C=S) groups is 1. The van der Waals surface area contributed by atoms with Crippen molar-refractivity contribution in [2.45, 2.75) is 0 Å². The lowest BCUT2D eigenvalue weighted by Gasteiger charge is -2.20. The molecule has 5 nitrogen and oxygen atoms in total. The second kappa shape index (κ2) is 4.78. The van der Waals surface area contributed by atoms with Gasteiger partial charge in [-0.1, -0.05) is 12.2 Å². The molecule has 7 heteroatoms. The first-order valence-electron chi connectivity index (χ1n) is 3.90. The summed E-state index contributed by atoms with van der Waals surface area (Å²) in [5.74, 6) is 3.97. The topological polar surface area (TPSA) is 84.4 Å². The zero-order chi connectivity index (χ0) is 11.4. The Morgan fingerprint density at radius 2 is 2.27 bits per heavy atom. The lowest BCUT2D eigenvalue weighted by atomic mass is 10.2. The number of hydrazine groups is 2. The van der Waals surface area contributed by atoms with Gasteiger partial charge in [0.25, 0.3) is 5.91 Å². The van der Waals surface area contributed by atoms with Gasteiger partial charge in [-0.15, -0.1) is 0 Å². The molecule has 1 rings (SSSR count). The Balaban J connectivity index is 3.16. The number of anilines is 2. The van der Waals surface area contributed by atoms with Crippen molar-refractivity contribution in [2.24, 2.45) is 5.84 Å². The Labute approximate surface area is 90.8 Å². The van der Waals surface area contributed by atoms with Crippen molar-refractivity contribution in [3.63, 3.8) is 0 Å². The van der Waals surface area contributed by atoms with Gasteiger partial charge in [-0.3, -0.25) is 10.6 Å². The average molecular weight is 228 g/mol. The monoisotopic (exact) mass is 228 g/mol. The van der Waals surface area contributed by atoms with Gasteiger partial charge in [-0.05, 0) is 12.1 Å². The van der Waals surface area contributed by atoms with Gasteiger partial charge in [0, 0.05) is 6.07 Å². The lowest BCUT2D eigenvalue weighted by Crippen LogP contribution is -2.48. The molecular formula is C8H9FN4OS. The predicted molar refractivity (Wildman–Crippen MR) is 59.3 cm³/mol. The van der Waals surface area contributed by atoms with Crippen LogP contribution in [0.25, 0.3) is 0 Å². The van der Waals surface area contributed by atoms with Gasteiger partial charge in [-0.25, -0.2) is 9.40 Å². The molecule has 0 saturated heterocycles. The van der Waals surface area contributed by atoms with E-state index in [1.54, 1.807) is 0 Å². The minimum absolute atomic E-state index is 0.114. The van der Waals surface area contributed by atoms with Crippen LogP contribution in [-0.2, 0) is 4.79 Å². The minimum Gasteiger partial charge on any atom is -0.397 e. The van der Waals surface area contributed by atoms with Crippen molar-refractivity contribution >= 4 is 34.9 Å². The smallest absolute Gasteiger partial charge is 0.277 e. The highest BCUT2D eigenvalue weighted by molar-refractivity contribution is 7.80. The summed E-state index contributed by atoms with van der Waals surface area (Å²) >= 11 is 4.45. The van der Waals surface area contributed by atoms with E-state index in [0.29, 0.717) is 0 Å². The maximum Gasteiger partial charge on any atom is 0.277 e. The van der Waals surface area contributed by atoms with Gasteiger partial charge >= 0.3 is 0 Å². The number of hydrogen-bond acceptors (Lipinski definition) is 5. The standard InChI is InChI=1S/C8H9FN4OS/c9-5-1-2-6(10)7(3-5)13(12-11)8(14)4-15/h1-4,12H,10-11H2. The molecule has 5 N–H and O–H groups in total. The van der Waals surface area contributed by atoms with Crippen LogP contribution in [-0.4, -0.2) is 11.3 Å². The van der Waals surface area contributed by atoms with Crippen LogP contribution in [0.15, 0.2) is 18.2 Å². The quantitative estimate of drug-likeness (QED) is 0.296. The van der Waals surface area contributed by atoms with E-state index in [2.05, 4.69) is 17.8 Å². The zero-order valence-electron chi connectivity index (χ0n) is 7.61. The molecule has 0 aliphatic carbocycles. The second-order valence-corrected chi connectivity index (χ2v) is 2.86. The van der Waals surface area contributed by atoms with Crippen molar-refractivity contribution in [1.82, 2.24) is 5.53 Å². The van der Waals surface area contributed by atoms with Crippen LogP contribution in [0.1, 0.15) is 0 Å². The van der Waals surface area contributed by atoms with E-state index >= 15 is 0 Å². The fourth-order valence-electron chi connectivity index (χ4n) is 1.02. The number of nitrogens with zero attached hydrogens (tertiary/aromatic N) is 1. The first kappa shape index (κ1) is 11.5. The molecular weight excluding hydrogens is 219 g/mol. The number of halogens is 1. The molecule has 0 saturated carbocycles. The number of hydrogen-bond donors (Lipinski definition) is 3. The van der Waals surface area contributed by atoms with Gasteiger partial charge in [0.05, 0.1) is 16.7 Å². The minimum atomic E-state index is -0.607. The van der Waals surface area contributed by atoms with Crippen LogP contribution in [0.5, 0.6) is 0 Å². The van der Waals surface area contributed by atoms with Crippen LogP contribution in [0.2, 0.25) is 0 Å². The molecule has 1 aromatic rings. The molecule has 80 valence electrons. The highest BCUT2D eigenvalue weighted by Crippen LogP contribution is 2.22. The summed E-state index contributed by atoms with van der Waals surface area (Å²) in [4.78, 5) is 11.3. The van der Waals surface area contributed by atoms with Crippen LogP contribution in [0, 0.1) is 5.82 Å². The molecule has 0 atom stereocenters. The first-order chi connectivity index (χ1) is 7.10. The number of nitrogens with two attached hydrogens (primary N) is 2. The van der Waals surface area contributed by atoms with Crippen LogP contribution >= 0.6 is 12.2 Å². The third-order valence-corrected chi connectivity index (χ3v) is 1.89. The van der Waals surface area contributed by atoms with Gasteiger partial charge in [0.1, 0.15) is 5.82 Å². The van der Waals surface area contributed by atoms with Crippen LogP contribution in [0.3, 0.4) is 0 Å². The molecule has 1 amide bonds. The van der Waals surface area contributed by atoms with E-state index in [1.807, 2.05) is 0 Å². The molecule has 0 unspecified atom stereocenters. The summed E-state index contributed by atoms with van der Waals surface area (Å²) in [6.45, 7) is 0. The maximum atomic E-state index is 12.9. The summed E-state index contributed by atoms with van der Waals surface area (Å²) in [5.41, 5.74) is 7.95. The third-order valence-electron chi connectivity index (χ3n) is 1.68. The van der Waals surface area contributed by atoms with Crippen molar-refractivity contribution in [1.29, 1.82) is 0 Å². The van der Waals surface area contributed by atoms with Crippen molar-refractivity contribution in [3.05, 3.63) is 24.0 Å². The summed E-state index contributed by atoms with van der Waals surface area (Å²) in [6, 6.07) is 3.58. The van der Waals surface area contributed by atoms with Crippen molar-refractivity contribution in [3.8, 4) is 0 Å². The van der Waals surface area contributed by atoms with E-state index in [1.165, 1.54) is 12.1 Å². The summed E-state index contributed by atoms with van der Waals surface area (Å²) in [7, 11) is 0. The molecule has 0 aliphatic heterocycles. The molecule has 0 bridgehead atoms. The molecule has 1 aromatic carbocycles. The Bertz CT molecular complexity index is 398. The largest absolute Gasteiger partial charge is 0.397 e. The average Bonchev–Trinajstić information content (AvgIpc) is 2.23. The Kier molecular flexibility index (Phi) is 3.67. The number of benzene rings is 1. The SMILES string of the molecule is NNN(C(=O)C=S)c1cc(F)ccc1N. The van der Waals surface area contributed by atoms with E-state index in [4.69, 9.17) is 11.6 Å². The molecule has 0 radical (unpaired) electrons. The van der Waals surface area contributed by atoms with Crippen LogP contribution in [0.4, 0.5) is 15.8 Å². The van der Waals surface area contributed by atoms with Crippen LogP contribution < -0.4 is 22.1 Å². The fraction of sp³-hybridized carbons (Fsp3) is 0. The zero-order valence-corrected chi connectivity index (χ0v) is 8.42. The predicted octanol–water partition coefficient (Wildman–Crippen LogP) is 0.119. The van der Waals surface area contributed by atoms with E-state index in [-0.39, 0.29) is 11.4 Å². The first-order valence-corrected chi connectivity index (χ1v) is 4.38. The Morgan fingerprint density at radius 3 is 2.80 bits per heavy atom. The van der Waals surface area contributed by atoms with E-state index < -0.39 is 11.7 Å². The number of carbonyl (C=O) groups excluding carboxylic acids is 1. The van der Waals surface area contributed by atoms with Crippen molar-refractivity contribution < 1.29 is 9.18 Å². The number of nitrogens with one attached hydrogen (secondary N) is 1. The summed E-state index contributed by atoms with van der Waals surface area (Å²) in [6.07, 6.45) is 0. The van der Waals surface area contributed by atoms with E-state index in [0.717, 1.165) is 16.4 Å². The van der Waals surface area contributed by atoms with Crippen molar-refractivity contribution in [2.75, 3.05) is 10.7 Å². The number of carbonyl (C=O) groups is 1. The molecule has 0 spiro atoms. The fourth-order valence-corrected chi connectivity index (χ4v) is 1.12. The van der Waals surface area contributed by atoms with Gasteiger partial charge < -0.3 is 5.73 Å². The second-order valence-electron chi connectivity index (χ2n) is 2.62. The van der Waals surface area contributed by atoms with E-state index in [9.17, 15) is 9.18 Å². The number of rotatable bonds is 3. The Morgan fingerprint density at radius 1 is 1.60 bits per heavy atom. The van der Waals surface area contributed by atoms with Gasteiger partial charge in [0.2, 0.25) is 0 Å². The summed E-state index contributed by atoms with van der Waals surface area (Å²) < 4.78 is 12.9. The molecule has 0 heterocycles. The molecule has 0 aliphatic rings. The van der Waals surface area contributed by atoms with Gasteiger partial charge in [-0.2, -0.15) is 5.53 Å². The maximum absolute atomic E-state index is 12.9. The molecule has 0 aromatic heterocycles. The number of nitrogen functional groups attached to an aromatic ring is 1. The normalized spacial score (nSPS) is 9.73. The molecule has 15 heavy (non-hydrogen) atoms. The summed E-state index contributed by atoms with van der Waals surface area (Å²) in [5, 5.41) is 1.72. The number of amides is 1.